The van der Waals surface area contributed by atoms with Crippen LogP contribution in [-0.4, -0.2) is 19.9 Å². The first-order valence-electron chi connectivity index (χ1n) is 33.6. The van der Waals surface area contributed by atoms with Gasteiger partial charge in [-0.05, 0) is 160 Å². The molecule has 1 aliphatic rings. The molecule has 0 atom stereocenters. The molecule has 0 saturated heterocycles. The number of pyridine rings is 8. The number of benzene rings is 4. The zero-order valence-electron chi connectivity index (χ0n) is 57.6. The molecule has 4 aromatic carbocycles. The van der Waals surface area contributed by atoms with Crippen molar-refractivity contribution >= 4 is 0 Å². The Morgan fingerprint density at radius 3 is 0.947 bits per heavy atom. The van der Waals surface area contributed by atoms with E-state index in [0.29, 0.717) is 17.8 Å². The monoisotopic (exact) mass is 1240 g/mol. The van der Waals surface area contributed by atoms with Crippen molar-refractivity contribution in [3.8, 4) is 89.5 Å². The van der Waals surface area contributed by atoms with Crippen LogP contribution in [0.3, 0.4) is 0 Å². The molecule has 8 heterocycles. The molecule has 8 aromatic heterocycles. The average molecular weight is 1240 g/mol. The fourth-order valence-corrected chi connectivity index (χ4v) is 12.6. The molecule has 0 aliphatic heterocycles. The number of rotatable bonds is 13. The van der Waals surface area contributed by atoms with Gasteiger partial charge in [-0.1, -0.05) is 145 Å². The molecule has 0 bridgehead atoms. The highest BCUT2D eigenvalue weighted by Gasteiger charge is 2.21. The molecule has 1 fully saturated rings. The molecule has 0 spiro atoms. The molecular formula is C86H94N8+4. The average Bonchev–Trinajstić information content (AvgIpc) is 0.997. The SMILES string of the molecule is CCc1ccc(-c2ccc(-c3ccccc3C)[n+](C)c2)cn1.Cc1ccccc1-c1ccc(-c2ccc(C(C)C)nc2)c[n+]1C.Cc1ccccc1-c1ccc(-c2ccc(C3CCCC3)nc2)c[n+]1C.Cc1ccccc1-c1ccc(-c2ccc(CC(C)C)nc2)c[n+]1C. The second-order valence-electron chi connectivity index (χ2n) is 26.0. The maximum absolute atomic E-state index is 4.75. The van der Waals surface area contributed by atoms with Crippen LogP contribution in [-0.2, 0) is 41.0 Å². The summed E-state index contributed by atoms with van der Waals surface area (Å²) in [5.41, 5.74) is 29.3. The van der Waals surface area contributed by atoms with Gasteiger partial charge in [0, 0.05) is 145 Å². The van der Waals surface area contributed by atoms with Gasteiger partial charge in [0.2, 0.25) is 22.8 Å². The molecule has 474 valence electrons. The maximum Gasteiger partial charge on any atom is 0.212 e. The van der Waals surface area contributed by atoms with Crippen molar-refractivity contribution in [3.63, 3.8) is 0 Å². The molecular weight excluding hydrogens is 1150 g/mol. The number of hydrogen-bond acceptors (Lipinski definition) is 4. The summed E-state index contributed by atoms with van der Waals surface area (Å²) in [5, 5.41) is 0. The van der Waals surface area contributed by atoms with Crippen LogP contribution in [0.25, 0.3) is 89.5 Å². The van der Waals surface area contributed by atoms with Crippen molar-refractivity contribution < 1.29 is 18.3 Å². The summed E-state index contributed by atoms with van der Waals surface area (Å²) < 4.78 is 8.78. The van der Waals surface area contributed by atoms with Crippen molar-refractivity contribution in [2.45, 2.75) is 113 Å². The molecule has 8 nitrogen and oxygen atoms in total. The lowest BCUT2D eigenvalue weighted by Gasteiger charge is -2.09. The minimum Gasteiger partial charge on any atom is -0.261 e. The lowest BCUT2D eigenvalue weighted by Crippen LogP contribution is -2.30. The lowest BCUT2D eigenvalue weighted by molar-refractivity contribution is -0.660. The van der Waals surface area contributed by atoms with Gasteiger partial charge in [-0.2, -0.15) is 0 Å². The van der Waals surface area contributed by atoms with Crippen molar-refractivity contribution in [1.29, 1.82) is 0 Å². The van der Waals surface area contributed by atoms with E-state index in [1.165, 1.54) is 126 Å². The molecule has 1 saturated carbocycles. The van der Waals surface area contributed by atoms with Crippen LogP contribution in [0.15, 0.2) is 244 Å². The molecule has 1 aliphatic carbocycles. The standard InChI is InChI=1S/C23H25N2.C22H25N2.C21H23N2.C20H21N2/c1-17-7-3-6-10-21(17)23-14-12-20(16-25(23)2)19-11-13-22(24-15-19)18-8-4-5-9-18;1-16(2)13-20-11-9-18(14-23-20)19-10-12-22(24(4)15-19)21-8-6-5-7-17(21)3;1-15(2)20-11-9-17(13-22-20)18-10-12-21(23(4)14-18)19-8-6-5-7-16(19)3;1-4-18-11-9-16(13-21-18)17-10-12-20(22(3)14-17)19-8-6-5-7-15(19)2/h3,6-7,10-16,18H,4-5,8-9H2,1-2H3;5-12,14-16H,13H2,1-4H3;5-15H,1-4H3;5-14H,4H2,1-3H3/q4*+1. The van der Waals surface area contributed by atoms with Gasteiger partial charge < -0.3 is 0 Å². The Bertz CT molecular complexity index is 4470. The zero-order valence-corrected chi connectivity index (χ0v) is 57.6. The summed E-state index contributed by atoms with van der Waals surface area (Å²) in [6.45, 7) is 19.5. The van der Waals surface area contributed by atoms with E-state index in [0.717, 1.165) is 46.6 Å². The Morgan fingerprint density at radius 1 is 0.351 bits per heavy atom. The first-order valence-corrected chi connectivity index (χ1v) is 33.6. The number of aromatic nitrogens is 8. The summed E-state index contributed by atoms with van der Waals surface area (Å²) in [6, 6.07) is 68.8. The minimum absolute atomic E-state index is 0.462. The Morgan fingerprint density at radius 2 is 0.670 bits per heavy atom. The summed E-state index contributed by atoms with van der Waals surface area (Å²) in [7, 11) is 8.41. The Balaban J connectivity index is 0.000000137. The molecule has 0 unspecified atom stereocenters. The first-order chi connectivity index (χ1) is 45.5. The fourth-order valence-electron chi connectivity index (χ4n) is 12.6. The third-order valence-corrected chi connectivity index (χ3v) is 18.1. The van der Waals surface area contributed by atoms with Gasteiger partial charge in [0.05, 0.1) is 0 Å². The van der Waals surface area contributed by atoms with Crippen LogP contribution in [0.2, 0.25) is 0 Å². The summed E-state index contributed by atoms with van der Waals surface area (Å²) in [4.78, 5) is 18.4. The van der Waals surface area contributed by atoms with Gasteiger partial charge in [0.25, 0.3) is 0 Å². The van der Waals surface area contributed by atoms with Crippen LogP contribution in [0, 0.1) is 33.6 Å². The summed E-state index contributed by atoms with van der Waals surface area (Å²) in [6.07, 6.45) is 24.0. The van der Waals surface area contributed by atoms with E-state index in [4.69, 9.17) is 4.98 Å². The molecule has 13 rings (SSSR count). The molecule has 94 heavy (non-hydrogen) atoms. The normalized spacial score (nSPS) is 11.9. The Labute approximate surface area is 560 Å². The second-order valence-corrected chi connectivity index (χ2v) is 26.0. The van der Waals surface area contributed by atoms with E-state index in [1.807, 2.05) is 24.8 Å². The van der Waals surface area contributed by atoms with E-state index >= 15 is 0 Å². The van der Waals surface area contributed by atoms with E-state index in [2.05, 4.69) is 343 Å². The van der Waals surface area contributed by atoms with E-state index in [9.17, 15) is 0 Å². The quantitative estimate of drug-likeness (QED) is 0.108. The van der Waals surface area contributed by atoms with E-state index < -0.39 is 0 Å². The van der Waals surface area contributed by atoms with E-state index in [-0.39, 0.29) is 0 Å². The number of hydrogen-bond donors (Lipinski definition) is 0. The van der Waals surface area contributed by atoms with Crippen LogP contribution < -0.4 is 18.3 Å². The van der Waals surface area contributed by atoms with Crippen LogP contribution in [0.5, 0.6) is 0 Å². The third kappa shape index (κ3) is 16.8. The fraction of sp³-hybridized carbons (Fsp3) is 0.256. The zero-order chi connectivity index (χ0) is 66.3. The largest absolute Gasteiger partial charge is 0.261 e. The van der Waals surface area contributed by atoms with Gasteiger partial charge in [-0.3, -0.25) is 19.9 Å². The number of nitrogens with zero attached hydrogens (tertiary/aromatic N) is 8. The topological polar surface area (TPSA) is 67.1 Å². The van der Waals surface area contributed by atoms with Gasteiger partial charge in [0.1, 0.15) is 28.2 Å². The van der Waals surface area contributed by atoms with Gasteiger partial charge >= 0.3 is 0 Å². The minimum atomic E-state index is 0.462. The summed E-state index contributed by atoms with van der Waals surface area (Å²) >= 11 is 0. The first kappa shape index (κ1) is 67.0. The molecule has 0 N–H and O–H groups in total. The van der Waals surface area contributed by atoms with Crippen molar-refractivity contribution in [1.82, 2.24) is 19.9 Å². The third-order valence-electron chi connectivity index (χ3n) is 18.1. The molecule has 12 aromatic rings. The molecule has 0 amide bonds. The maximum atomic E-state index is 4.75. The van der Waals surface area contributed by atoms with Crippen LogP contribution in [0.4, 0.5) is 0 Å². The smallest absolute Gasteiger partial charge is 0.212 e. The second kappa shape index (κ2) is 31.6. The highest BCUT2D eigenvalue weighted by Crippen LogP contribution is 2.34. The predicted octanol–water partition coefficient (Wildman–Crippen LogP) is 18.7. The molecule has 8 heteroatoms. The Kier molecular flexibility index (Phi) is 22.5. The van der Waals surface area contributed by atoms with Gasteiger partial charge in [0.15, 0.2) is 24.8 Å². The van der Waals surface area contributed by atoms with Crippen LogP contribution >= 0.6 is 0 Å². The predicted molar refractivity (Wildman–Crippen MR) is 387 cm³/mol. The highest BCUT2D eigenvalue weighted by molar-refractivity contribution is 5.70. The van der Waals surface area contributed by atoms with Crippen molar-refractivity contribution in [3.05, 3.63) is 289 Å². The van der Waals surface area contributed by atoms with Crippen LogP contribution in [0.1, 0.15) is 117 Å². The van der Waals surface area contributed by atoms with Crippen molar-refractivity contribution in [2.24, 2.45) is 34.1 Å². The molecule has 0 radical (unpaired) electrons. The Hall–Kier alpha value is -9.92. The highest BCUT2D eigenvalue weighted by atomic mass is 14.9. The lowest BCUT2D eigenvalue weighted by atomic mass is 10.0. The van der Waals surface area contributed by atoms with Gasteiger partial charge in [-0.15, -0.1) is 0 Å². The summed E-state index contributed by atoms with van der Waals surface area (Å²) in [5.74, 6) is 1.77. The van der Waals surface area contributed by atoms with Gasteiger partial charge in [-0.25, -0.2) is 18.3 Å². The number of aryl methyl sites for hydroxylation is 9. The van der Waals surface area contributed by atoms with Crippen molar-refractivity contribution in [2.75, 3.05) is 0 Å². The van der Waals surface area contributed by atoms with E-state index in [1.54, 1.807) is 0 Å².